The zero-order valence-corrected chi connectivity index (χ0v) is 8.15. The predicted octanol–water partition coefficient (Wildman–Crippen LogP) is 0.123. The molecule has 0 unspecified atom stereocenters. The summed E-state index contributed by atoms with van der Waals surface area (Å²) in [5.41, 5.74) is 0. The maximum absolute atomic E-state index is 9.00. The third-order valence-corrected chi connectivity index (χ3v) is 0.812. The van der Waals surface area contributed by atoms with Crippen LogP contribution in [0.2, 0.25) is 0 Å². The summed E-state index contributed by atoms with van der Waals surface area (Å²) in [5, 5.41) is 15.7. The van der Waals surface area contributed by atoms with Gasteiger partial charge in [0.05, 0.1) is 26.4 Å². The topological polar surface area (TPSA) is 76.0 Å². The number of aliphatic hydroxyl groups is 1. The van der Waals surface area contributed by atoms with Crippen LogP contribution in [0.25, 0.3) is 0 Å². The van der Waals surface area contributed by atoms with E-state index in [1.165, 1.54) is 0 Å². The highest BCUT2D eigenvalue weighted by atomic mass is 16.5. The molecule has 0 fully saturated rings. The van der Waals surface area contributed by atoms with Crippen molar-refractivity contribution < 1.29 is 24.5 Å². The van der Waals surface area contributed by atoms with Gasteiger partial charge in [-0.2, -0.15) is 0 Å². The summed E-state index contributed by atoms with van der Waals surface area (Å²) >= 11 is 0. The number of carbonyl (C=O) groups is 1. The first kappa shape index (κ1) is 14.9. The average molecular weight is 194 g/mol. The number of aliphatic carboxylic acids is 1. The van der Waals surface area contributed by atoms with E-state index < -0.39 is 5.97 Å². The molecule has 0 spiro atoms. The minimum Gasteiger partial charge on any atom is -0.481 e. The summed E-state index contributed by atoms with van der Waals surface area (Å²) in [6.45, 7) is 5.44. The Balaban J connectivity index is 0. The van der Waals surface area contributed by atoms with Crippen LogP contribution >= 0.6 is 0 Å². The molecule has 13 heavy (non-hydrogen) atoms. The zero-order chi connectivity index (χ0) is 10.5. The van der Waals surface area contributed by atoms with E-state index in [1.807, 2.05) is 6.92 Å². The summed E-state index contributed by atoms with van der Waals surface area (Å²) < 4.78 is 9.88. The Morgan fingerprint density at radius 3 is 2.08 bits per heavy atom. The maximum Gasteiger partial charge on any atom is 0.300 e. The van der Waals surface area contributed by atoms with Gasteiger partial charge in [-0.25, -0.2) is 0 Å². The van der Waals surface area contributed by atoms with E-state index in [1.54, 1.807) is 0 Å². The molecule has 5 heteroatoms. The van der Waals surface area contributed by atoms with Crippen LogP contribution in [0.15, 0.2) is 0 Å². The van der Waals surface area contributed by atoms with Gasteiger partial charge in [0.2, 0.25) is 0 Å². The Kier molecular flexibility index (Phi) is 15.9. The molecule has 0 atom stereocenters. The SMILES string of the molecule is CC(=O)O.CCOCCOCCO. The van der Waals surface area contributed by atoms with E-state index in [0.29, 0.717) is 19.8 Å². The van der Waals surface area contributed by atoms with E-state index >= 15 is 0 Å². The number of ether oxygens (including phenoxy) is 2. The lowest BCUT2D eigenvalue weighted by molar-refractivity contribution is -0.134. The average Bonchev–Trinajstić information content (AvgIpc) is 2.03. The molecule has 0 aliphatic heterocycles. The van der Waals surface area contributed by atoms with Gasteiger partial charge in [0, 0.05) is 13.5 Å². The normalized spacial score (nSPS) is 8.85. The van der Waals surface area contributed by atoms with Crippen LogP contribution in [-0.2, 0) is 14.3 Å². The van der Waals surface area contributed by atoms with Crippen molar-refractivity contribution in [3.05, 3.63) is 0 Å². The third-order valence-electron chi connectivity index (χ3n) is 0.812. The minimum atomic E-state index is -0.833. The molecule has 0 saturated heterocycles. The second kappa shape index (κ2) is 13.9. The molecule has 0 aromatic heterocycles. The molecule has 0 heterocycles. The van der Waals surface area contributed by atoms with Crippen molar-refractivity contribution in [2.24, 2.45) is 0 Å². The van der Waals surface area contributed by atoms with Crippen molar-refractivity contribution in [3.8, 4) is 0 Å². The fourth-order valence-corrected chi connectivity index (χ4v) is 0.429. The second-order valence-corrected chi connectivity index (χ2v) is 2.05. The number of carboxylic acid groups (broad SMARTS) is 1. The summed E-state index contributed by atoms with van der Waals surface area (Å²) in [5.74, 6) is -0.833. The maximum atomic E-state index is 9.00. The molecular weight excluding hydrogens is 176 g/mol. The highest BCUT2D eigenvalue weighted by Crippen LogP contribution is 1.76. The van der Waals surface area contributed by atoms with Crippen LogP contribution in [0.3, 0.4) is 0 Å². The Morgan fingerprint density at radius 1 is 1.23 bits per heavy atom. The second-order valence-electron chi connectivity index (χ2n) is 2.05. The van der Waals surface area contributed by atoms with Gasteiger partial charge in [0.1, 0.15) is 0 Å². The smallest absolute Gasteiger partial charge is 0.300 e. The zero-order valence-electron chi connectivity index (χ0n) is 8.15. The van der Waals surface area contributed by atoms with Crippen molar-refractivity contribution in [2.75, 3.05) is 33.0 Å². The molecule has 0 amide bonds. The van der Waals surface area contributed by atoms with Crippen molar-refractivity contribution in [2.45, 2.75) is 13.8 Å². The molecule has 5 nitrogen and oxygen atoms in total. The van der Waals surface area contributed by atoms with Crippen LogP contribution in [0.4, 0.5) is 0 Å². The molecule has 0 aromatic carbocycles. The van der Waals surface area contributed by atoms with Crippen LogP contribution in [0.1, 0.15) is 13.8 Å². The first-order chi connectivity index (χ1) is 6.15. The molecule has 0 rings (SSSR count). The van der Waals surface area contributed by atoms with Crippen LogP contribution in [0, 0.1) is 0 Å². The number of hydrogen-bond acceptors (Lipinski definition) is 4. The fourth-order valence-electron chi connectivity index (χ4n) is 0.429. The number of aliphatic hydroxyl groups excluding tert-OH is 1. The Bertz CT molecular complexity index is 94.7. The summed E-state index contributed by atoms with van der Waals surface area (Å²) in [6.07, 6.45) is 0. The summed E-state index contributed by atoms with van der Waals surface area (Å²) in [6, 6.07) is 0. The largest absolute Gasteiger partial charge is 0.481 e. The van der Waals surface area contributed by atoms with Gasteiger partial charge in [0.15, 0.2) is 0 Å². The van der Waals surface area contributed by atoms with Gasteiger partial charge >= 0.3 is 0 Å². The molecule has 0 aliphatic carbocycles. The Labute approximate surface area is 78.3 Å². The summed E-state index contributed by atoms with van der Waals surface area (Å²) in [4.78, 5) is 9.00. The van der Waals surface area contributed by atoms with Crippen molar-refractivity contribution >= 4 is 5.97 Å². The lowest BCUT2D eigenvalue weighted by Crippen LogP contribution is -2.06. The van der Waals surface area contributed by atoms with Crippen LogP contribution in [0.5, 0.6) is 0 Å². The molecule has 80 valence electrons. The van der Waals surface area contributed by atoms with E-state index in [-0.39, 0.29) is 6.61 Å². The first-order valence-electron chi connectivity index (χ1n) is 4.11. The lowest BCUT2D eigenvalue weighted by Gasteiger charge is -2.00. The van der Waals surface area contributed by atoms with E-state index in [4.69, 9.17) is 24.5 Å². The molecule has 0 aromatic rings. The first-order valence-corrected chi connectivity index (χ1v) is 4.11. The summed E-state index contributed by atoms with van der Waals surface area (Å²) in [7, 11) is 0. The van der Waals surface area contributed by atoms with E-state index in [0.717, 1.165) is 13.5 Å². The lowest BCUT2D eigenvalue weighted by atomic mass is 10.7. The Morgan fingerprint density at radius 2 is 1.69 bits per heavy atom. The molecule has 2 N–H and O–H groups in total. The van der Waals surface area contributed by atoms with E-state index in [2.05, 4.69) is 0 Å². The number of hydrogen-bond donors (Lipinski definition) is 2. The van der Waals surface area contributed by atoms with E-state index in [9.17, 15) is 0 Å². The highest BCUT2D eigenvalue weighted by molar-refractivity contribution is 5.62. The minimum absolute atomic E-state index is 0.0894. The van der Waals surface area contributed by atoms with Crippen molar-refractivity contribution in [3.63, 3.8) is 0 Å². The molecule has 0 aliphatic rings. The number of rotatable bonds is 6. The van der Waals surface area contributed by atoms with Crippen molar-refractivity contribution in [1.29, 1.82) is 0 Å². The van der Waals surface area contributed by atoms with Crippen molar-refractivity contribution in [1.82, 2.24) is 0 Å². The Hall–Kier alpha value is -0.650. The monoisotopic (exact) mass is 194 g/mol. The standard InChI is InChI=1S/C6H14O3.C2H4O2/c1-2-8-5-6-9-4-3-7;1-2(3)4/h7H,2-6H2,1H3;1H3,(H,3,4). The van der Waals surface area contributed by atoms with Gasteiger partial charge in [-0.05, 0) is 6.92 Å². The molecular formula is C8H18O5. The van der Waals surface area contributed by atoms with Gasteiger partial charge in [-0.1, -0.05) is 0 Å². The molecule has 0 radical (unpaired) electrons. The highest BCUT2D eigenvalue weighted by Gasteiger charge is 1.84. The molecule has 0 saturated carbocycles. The van der Waals surface area contributed by atoms with Gasteiger partial charge < -0.3 is 19.7 Å². The number of carboxylic acids is 1. The van der Waals surface area contributed by atoms with Gasteiger partial charge in [-0.3, -0.25) is 4.79 Å². The predicted molar refractivity (Wildman–Crippen MR) is 47.7 cm³/mol. The fraction of sp³-hybridized carbons (Fsp3) is 0.875. The van der Waals surface area contributed by atoms with Gasteiger partial charge in [0.25, 0.3) is 5.97 Å². The third kappa shape index (κ3) is 34.7. The quantitative estimate of drug-likeness (QED) is 0.587. The van der Waals surface area contributed by atoms with Crippen LogP contribution < -0.4 is 0 Å². The van der Waals surface area contributed by atoms with Gasteiger partial charge in [-0.15, -0.1) is 0 Å². The van der Waals surface area contributed by atoms with Crippen LogP contribution in [-0.4, -0.2) is 49.2 Å². The molecule has 0 bridgehead atoms.